The Kier molecular flexibility index (Phi) is 4.74. The van der Waals surface area contributed by atoms with Gasteiger partial charge < -0.3 is 10.1 Å². The molecule has 0 unspecified atom stereocenters. The van der Waals surface area contributed by atoms with Gasteiger partial charge in [0.05, 0.1) is 6.61 Å². The minimum Gasteiger partial charge on any atom is -0.490 e. The van der Waals surface area contributed by atoms with Crippen molar-refractivity contribution in [2.24, 2.45) is 0 Å². The summed E-state index contributed by atoms with van der Waals surface area (Å²) in [5, 5.41) is 3.35. The smallest absolute Gasteiger partial charge is 0.165 e. The van der Waals surface area contributed by atoms with Crippen molar-refractivity contribution in [3.05, 3.63) is 30.1 Å². The van der Waals surface area contributed by atoms with Gasteiger partial charge >= 0.3 is 0 Å². The summed E-state index contributed by atoms with van der Waals surface area (Å²) in [5.41, 5.74) is 0.123. The van der Waals surface area contributed by atoms with Gasteiger partial charge in [0.1, 0.15) is 0 Å². The van der Waals surface area contributed by atoms with Crippen LogP contribution in [0.15, 0.2) is 24.3 Å². The average Bonchev–Trinajstić information content (AvgIpc) is 2.18. The molecule has 0 saturated carbocycles. The van der Waals surface area contributed by atoms with Gasteiger partial charge in [0.15, 0.2) is 11.6 Å². The summed E-state index contributed by atoms with van der Waals surface area (Å²) in [6.07, 6.45) is 0.867. The lowest BCUT2D eigenvalue weighted by Gasteiger charge is -2.20. The van der Waals surface area contributed by atoms with Gasteiger partial charge in [-0.25, -0.2) is 4.39 Å². The second kappa shape index (κ2) is 5.85. The maximum Gasteiger partial charge on any atom is 0.165 e. The Labute approximate surface area is 96.8 Å². The van der Waals surface area contributed by atoms with Crippen LogP contribution in [0.5, 0.6) is 5.75 Å². The number of benzene rings is 1. The summed E-state index contributed by atoms with van der Waals surface area (Å²) in [6.45, 7) is 7.75. The largest absolute Gasteiger partial charge is 0.490 e. The zero-order valence-corrected chi connectivity index (χ0v) is 10.2. The molecular formula is C13H20FNO. The number of halogens is 1. The molecule has 3 heteroatoms. The van der Waals surface area contributed by atoms with Crippen molar-refractivity contribution in [2.45, 2.75) is 32.7 Å². The molecule has 0 spiro atoms. The molecule has 1 aromatic rings. The van der Waals surface area contributed by atoms with Gasteiger partial charge in [0.2, 0.25) is 0 Å². The highest BCUT2D eigenvalue weighted by Crippen LogP contribution is 2.15. The fraction of sp³-hybridized carbons (Fsp3) is 0.538. The van der Waals surface area contributed by atoms with Crippen LogP contribution in [0, 0.1) is 5.82 Å². The van der Waals surface area contributed by atoms with Gasteiger partial charge in [0, 0.05) is 5.54 Å². The third-order valence-corrected chi connectivity index (χ3v) is 2.07. The molecule has 0 aromatic heterocycles. The van der Waals surface area contributed by atoms with Crippen LogP contribution >= 0.6 is 0 Å². The van der Waals surface area contributed by atoms with Crippen LogP contribution in [-0.2, 0) is 0 Å². The summed E-state index contributed by atoms with van der Waals surface area (Å²) in [5.74, 6) is 0.0320. The molecule has 0 heterocycles. The van der Waals surface area contributed by atoms with Crippen molar-refractivity contribution in [1.29, 1.82) is 0 Å². The van der Waals surface area contributed by atoms with Crippen LogP contribution in [0.1, 0.15) is 27.2 Å². The Morgan fingerprint density at radius 1 is 1.25 bits per heavy atom. The number of ether oxygens (including phenoxy) is 1. The van der Waals surface area contributed by atoms with Crippen LogP contribution in [0.3, 0.4) is 0 Å². The number of rotatable bonds is 5. The Morgan fingerprint density at radius 3 is 2.56 bits per heavy atom. The highest BCUT2D eigenvalue weighted by atomic mass is 19.1. The summed E-state index contributed by atoms with van der Waals surface area (Å²) in [6, 6.07) is 6.48. The molecule has 0 amide bonds. The highest BCUT2D eigenvalue weighted by Gasteiger charge is 2.07. The van der Waals surface area contributed by atoms with Crippen LogP contribution in [-0.4, -0.2) is 18.7 Å². The summed E-state index contributed by atoms with van der Waals surface area (Å²) < 4.78 is 18.5. The molecule has 0 bridgehead atoms. The van der Waals surface area contributed by atoms with E-state index in [2.05, 4.69) is 26.1 Å². The fourth-order valence-electron chi connectivity index (χ4n) is 1.28. The third-order valence-electron chi connectivity index (χ3n) is 2.07. The predicted molar refractivity (Wildman–Crippen MR) is 64.3 cm³/mol. The summed E-state index contributed by atoms with van der Waals surface area (Å²) in [7, 11) is 0. The van der Waals surface area contributed by atoms with E-state index in [-0.39, 0.29) is 11.4 Å². The molecule has 0 aliphatic heterocycles. The number of para-hydroxylation sites is 1. The van der Waals surface area contributed by atoms with Gasteiger partial charge in [-0.1, -0.05) is 12.1 Å². The summed E-state index contributed by atoms with van der Waals surface area (Å²) >= 11 is 0. The number of hydrogen-bond donors (Lipinski definition) is 1. The van der Waals surface area contributed by atoms with Gasteiger partial charge in [-0.3, -0.25) is 0 Å². The molecule has 0 saturated heterocycles. The topological polar surface area (TPSA) is 21.3 Å². The Bertz CT molecular complexity index is 320. The number of nitrogens with one attached hydrogen (secondary N) is 1. The van der Waals surface area contributed by atoms with Crippen LogP contribution in [0.25, 0.3) is 0 Å². The van der Waals surface area contributed by atoms with E-state index in [0.717, 1.165) is 13.0 Å². The Hall–Kier alpha value is -1.09. The lowest BCUT2D eigenvalue weighted by Crippen LogP contribution is -2.36. The summed E-state index contributed by atoms with van der Waals surface area (Å²) in [4.78, 5) is 0. The zero-order valence-electron chi connectivity index (χ0n) is 10.2. The first-order valence-corrected chi connectivity index (χ1v) is 5.61. The molecule has 1 N–H and O–H groups in total. The predicted octanol–water partition coefficient (Wildman–Crippen LogP) is 2.98. The fourth-order valence-corrected chi connectivity index (χ4v) is 1.28. The van der Waals surface area contributed by atoms with Gasteiger partial charge in [-0.05, 0) is 45.9 Å². The van der Waals surface area contributed by atoms with E-state index in [4.69, 9.17) is 4.74 Å². The second-order valence-electron chi connectivity index (χ2n) is 4.81. The standard InChI is InChI=1S/C13H20FNO/c1-13(2,3)15-9-6-10-16-12-8-5-4-7-11(12)14/h4-5,7-8,15H,6,9-10H2,1-3H3. The zero-order chi connectivity index (χ0) is 12.0. The molecular weight excluding hydrogens is 205 g/mol. The van der Waals surface area contributed by atoms with E-state index in [1.165, 1.54) is 6.07 Å². The quantitative estimate of drug-likeness (QED) is 0.778. The SMILES string of the molecule is CC(C)(C)NCCCOc1ccccc1F. The van der Waals surface area contributed by atoms with Crippen LogP contribution in [0.2, 0.25) is 0 Å². The lowest BCUT2D eigenvalue weighted by atomic mass is 10.1. The minimum atomic E-state index is -0.300. The minimum absolute atomic E-state index is 0.123. The Balaban J connectivity index is 2.19. The lowest BCUT2D eigenvalue weighted by molar-refractivity contribution is 0.285. The first kappa shape index (κ1) is 13.0. The molecule has 1 rings (SSSR count). The molecule has 90 valence electrons. The van der Waals surface area contributed by atoms with E-state index >= 15 is 0 Å². The van der Waals surface area contributed by atoms with E-state index in [9.17, 15) is 4.39 Å². The first-order valence-electron chi connectivity index (χ1n) is 5.61. The molecule has 0 aliphatic rings. The molecule has 2 nitrogen and oxygen atoms in total. The molecule has 0 aliphatic carbocycles. The maximum atomic E-state index is 13.1. The second-order valence-corrected chi connectivity index (χ2v) is 4.81. The van der Waals surface area contributed by atoms with E-state index in [1.54, 1.807) is 18.2 Å². The van der Waals surface area contributed by atoms with Crippen molar-refractivity contribution < 1.29 is 9.13 Å². The van der Waals surface area contributed by atoms with Crippen molar-refractivity contribution in [1.82, 2.24) is 5.32 Å². The van der Waals surface area contributed by atoms with Crippen molar-refractivity contribution in [2.75, 3.05) is 13.2 Å². The van der Waals surface area contributed by atoms with Crippen LogP contribution < -0.4 is 10.1 Å². The Morgan fingerprint density at radius 2 is 1.94 bits per heavy atom. The molecule has 0 atom stereocenters. The van der Waals surface area contributed by atoms with E-state index in [1.807, 2.05) is 0 Å². The van der Waals surface area contributed by atoms with Crippen molar-refractivity contribution in [3.8, 4) is 5.75 Å². The monoisotopic (exact) mass is 225 g/mol. The molecule has 0 fully saturated rings. The molecule has 16 heavy (non-hydrogen) atoms. The van der Waals surface area contributed by atoms with Gasteiger partial charge in [-0.2, -0.15) is 0 Å². The van der Waals surface area contributed by atoms with Gasteiger partial charge in [-0.15, -0.1) is 0 Å². The molecule has 0 radical (unpaired) electrons. The van der Waals surface area contributed by atoms with Crippen LogP contribution in [0.4, 0.5) is 4.39 Å². The van der Waals surface area contributed by atoms with Gasteiger partial charge in [0.25, 0.3) is 0 Å². The molecule has 1 aromatic carbocycles. The van der Waals surface area contributed by atoms with E-state index in [0.29, 0.717) is 12.4 Å². The van der Waals surface area contributed by atoms with Crippen molar-refractivity contribution >= 4 is 0 Å². The van der Waals surface area contributed by atoms with Crippen molar-refractivity contribution in [3.63, 3.8) is 0 Å². The van der Waals surface area contributed by atoms with E-state index < -0.39 is 0 Å². The first-order chi connectivity index (χ1) is 7.49. The normalized spacial score (nSPS) is 11.5. The maximum absolute atomic E-state index is 13.1. The average molecular weight is 225 g/mol. The number of hydrogen-bond acceptors (Lipinski definition) is 2. The third kappa shape index (κ3) is 5.12. The highest BCUT2D eigenvalue weighted by molar-refractivity contribution is 5.23.